The van der Waals surface area contributed by atoms with Gasteiger partial charge in [0.25, 0.3) is 0 Å². The zero-order chi connectivity index (χ0) is 21.8. The molecule has 2 aliphatic heterocycles. The number of morpholine rings is 1. The Balaban J connectivity index is 1.35. The van der Waals surface area contributed by atoms with E-state index in [0.717, 1.165) is 89.3 Å². The lowest BCUT2D eigenvalue weighted by molar-refractivity contribution is -0.140. The molecule has 1 aromatic heterocycles. The van der Waals surface area contributed by atoms with Crippen LogP contribution in [-0.2, 0) is 20.7 Å². The van der Waals surface area contributed by atoms with Gasteiger partial charge in [0.05, 0.1) is 25.3 Å². The summed E-state index contributed by atoms with van der Waals surface area (Å²) in [5, 5.41) is 3.97. The molecule has 8 heteroatoms. The number of amides is 2. The Kier molecular flexibility index (Phi) is 7.27. The van der Waals surface area contributed by atoms with Crippen LogP contribution in [0.1, 0.15) is 49.1 Å². The van der Waals surface area contributed by atoms with Gasteiger partial charge in [-0.3, -0.25) is 14.5 Å². The van der Waals surface area contributed by atoms with Crippen molar-refractivity contribution in [3.8, 4) is 0 Å². The van der Waals surface area contributed by atoms with E-state index in [9.17, 15) is 9.59 Å². The fourth-order valence-electron chi connectivity index (χ4n) is 4.78. The molecule has 3 aliphatic rings. The minimum absolute atomic E-state index is 0.103. The molecule has 0 aromatic carbocycles. The summed E-state index contributed by atoms with van der Waals surface area (Å²) in [7, 11) is 0. The van der Waals surface area contributed by atoms with Crippen LogP contribution in [0.25, 0.3) is 0 Å². The summed E-state index contributed by atoms with van der Waals surface area (Å²) in [5.41, 5.74) is 1.68. The van der Waals surface area contributed by atoms with Crippen LogP contribution in [0.2, 0.25) is 0 Å². The Morgan fingerprint density at radius 3 is 2.58 bits per heavy atom. The molecule has 1 aromatic rings. The molecule has 2 saturated heterocycles. The fraction of sp³-hybridized carbons (Fsp3) is 0.783. The molecule has 3 heterocycles. The second kappa shape index (κ2) is 10.1. The summed E-state index contributed by atoms with van der Waals surface area (Å²) in [6, 6.07) is 0.125. The first-order valence-electron chi connectivity index (χ1n) is 11.8. The minimum atomic E-state index is 0.103. The van der Waals surface area contributed by atoms with Gasteiger partial charge in [-0.05, 0) is 46.0 Å². The maximum atomic E-state index is 13.1. The Hall–Kier alpha value is -1.93. The topological polar surface area (TPSA) is 79.1 Å². The molecule has 1 aliphatic carbocycles. The van der Waals surface area contributed by atoms with E-state index in [4.69, 9.17) is 9.26 Å². The highest BCUT2D eigenvalue weighted by molar-refractivity contribution is 5.82. The van der Waals surface area contributed by atoms with Gasteiger partial charge >= 0.3 is 0 Å². The van der Waals surface area contributed by atoms with E-state index in [1.54, 1.807) is 0 Å². The number of aromatic nitrogens is 1. The van der Waals surface area contributed by atoms with Crippen LogP contribution in [0.15, 0.2) is 4.52 Å². The van der Waals surface area contributed by atoms with Crippen molar-refractivity contribution in [1.29, 1.82) is 0 Å². The third-order valence-corrected chi connectivity index (χ3v) is 6.89. The number of likely N-dealkylation sites (tertiary alicyclic amines) is 1. The molecule has 4 rings (SSSR count). The minimum Gasteiger partial charge on any atom is -0.379 e. The van der Waals surface area contributed by atoms with Gasteiger partial charge in [0.15, 0.2) is 0 Å². The Morgan fingerprint density at radius 1 is 1.13 bits per heavy atom. The maximum Gasteiger partial charge on any atom is 0.227 e. The molecule has 1 atom stereocenters. The summed E-state index contributed by atoms with van der Waals surface area (Å²) in [4.78, 5) is 32.6. The van der Waals surface area contributed by atoms with Crippen LogP contribution < -0.4 is 0 Å². The molecule has 2 amide bonds. The quantitative estimate of drug-likeness (QED) is 0.623. The van der Waals surface area contributed by atoms with Gasteiger partial charge in [-0.15, -0.1) is 0 Å². The molecule has 1 saturated carbocycles. The predicted molar refractivity (Wildman–Crippen MR) is 116 cm³/mol. The van der Waals surface area contributed by atoms with E-state index in [1.165, 1.54) is 0 Å². The Labute approximate surface area is 184 Å². The molecule has 172 valence electrons. The third-order valence-electron chi connectivity index (χ3n) is 6.89. The predicted octanol–water partition coefficient (Wildman–Crippen LogP) is 1.79. The largest absolute Gasteiger partial charge is 0.379 e. The molecule has 1 unspecified atom stereocenters. The highest BCUT2D eigenvalue weighted by Gasteiger charge is 2.38. The van der Waals surface area contributed by atoms with Crippen LogP contribution in [0.5, 0.6) is 0 Å². The normalized spacial score (nSPS) is 22.5. The van der Waals surface area contributed by atoms with E-state index in [0.29, 0.717) is 24.6 Å². The van der Waals surface area contributed by atoms with Crippen molar-refractivity contribution in [3.05, 3.63) is 17.0 Å². The molecular formula is C23H36N4O4. The zero-order valence-electron chi connectivity index (χ0n) is 19.0. The first kappa shape index (κ1) is 22.3. The number of carbonyl (C=O) groups excluding carboxylic acids is 2. The number of nitrogens with zero attached hydrogens (tertiary/aromatic N) is 4. The van der Waals surface area contributed by atoms with Gasteiger partial charge in [0, 0.05) is 56.8 Å². The average molecular weight is 433 g/mol. The van der Waals surface area contributed by atoms with Crippen molar-refractivity contribution < 1.29 is 18.8 Å². The van der Waals surface area contributed by atoms with E-state index < -0.39 is 0 Å². The van der Waals surface area contributed by atoms with Crippen LogP contribution in [0, 0.1) is 19.8 Å². The zero-order valence-corrected chi connectivity index (χ0v) is 19.0. The SMILES string of the molecule is Cc1noc(C)c1CC(=O)N1CCCC(N(CCCN2CCOCC2)C(=O)C2CC2)C1. The number of rotatable bonds is 8. The van der Waals surface area contributed by atoms with Crippen molar-refractivity contribution in [2.24, 2.45) is 5.92 Å². The standard InChI is InChI=1S/C23H36N4O4/c1-17-21(18(2)31-24-17)15-22(28)26-9-3-5-20(16-26)27(23(29)19-6-7-19)10-4-8-25-11-13-30-14-12-25/h19-20H,3-16H2,1-2H3. The Bertz CT molecular complexity index is 750. The summed E-state index contributed by atoms with van der Waals surface area (Å²) in [6.07, 6.45) is 5.24. The molecule has 0 radical (unpaired) electrons. The van der Waals surface area contributed by atoms with Crippen molar-refractivity contribution >= 4 is 11.8 Å². The summed E-state index contributed by atoms with van der Waals surface area (Å²) in [5.74, 6) is 1.32. The number of hydrogen-bond acceptors (Lipinski definition) is 6. The van der Waals surface area contributed by atoms with Crippen molar-refractivity contribution in [3.63, 3.8) is 0 Å². The third kappa shape index (κ3) is 5.66. The molecular weight excluding hydrogens is 396 g/mol. The molecule has 3 fully saturated rings. The molecule has 0 spiro atoms. The van der Waals surface area contributed by atoms with Crippen molar-refractivity contribution in [1.82, 2.24) is 19.9 Å². The van der Waals surface area contributed by atoms with Crippen LogP contribution in [0.3, 0.4) is 0 Å². The van der Waals surface area contributed by atoms with Gasteiger partial charge in [-0.1, -0.05) is 5.16 Å². The molecule has 8 nitrogen and oxygen atoms in total. The summed E-state index contributed by atoms with van der Waals surface area (Å²) in [6.45, 7) is 10.5. The Morgan fingerprint density at radius 2 is 1.90 bits per heavy atom. The van der Waals surface area contributed by atoms with E-state index in [1.807, 2.05) is 18.7 Å². The number of ether oxygens (including phenoxy) is 1. The van der Waals surface area contributed by atoms with Gasteiger partial charge in [0.1, 0.15) is 5.76 Å². The fourth-order valence-corrected chi connectivity index (χ4v) is 4.78. The van der Waals surface area contributed by atoms with Crippen molar-refractivity contribution in [2.75, 3.05) is 52.5 Å². The summed E-state index contributed by atoms with van der Waals surface area (Å²) < 4.78 is 10.6. The van der Waals surface area contributed by atoms with Crippen molar-refractivity contribution in [2.45, 2.75) is 58.4 Å². The van der Waals surface area contributed by atoms with Gasteiger partial charge in [-0.2, -0.15) is 0 Å². The lowest BCUT2D eigenvalue weighted by Crippen LogP contribution is -2.53. The van der Waals surface area contributed by atoms with E-state index >= 15 is 0 Å². The summed E-state index contributed by atoms with van der Waals surface area (Å²) >= 11 is 0. The highest BCUT2D eigenvalue weighted by atomic mass is 16.5. The lowest BCUT2D eigenvalue weighted by atomic mass is 10.0. The monoisotopic (exact) mass is 432 g/mol. The van der Waals surface area contributed by atoms with Gasteiger partial charge in [0.2, 0.25) is 11.8 Å². The van der Waals surface area contributed by atoms with Crippen LogP contribution >= 0.6 is 0 Å². The maximum absolute atomic E-state index is 13.1. The number of aryl methyl sites for hydroxylation is 2. The first-order valence-corrected chi connectivity index (χ1v) is 11.8. The molecule has 31 heavy (non-hydrogen) atoms. The number of piperidine rings is 1. The highest BCUT2D eigenvalue weighted by Crippen LogP contribution is 2.33. The molecule has 0 N–H and O–H groups in total. The van der Waals surface area contributed by atoms with E-state index in [2.05, 4.69) is 15.0 Å². The lowest BCUT2D eigenvalue weighted by Gasteiger charge is -2.40. The average Bonchev–Trinajstić information content (AvgIpc) is 3.59. The van der Waals surface area contributed by atoms with Crippen LogP contribution in [0.4, 0.5) is 0 Å². The second-order valence-electron chi connectivity index (χ2n) is 9.23. The number of carbonyl (C=O) groups is 2. The van der Waals surface area contributed by atoms with Crippen LogP contribution in [-0.4, -0.2) is 90.2 Å². The second-order valence-corrected chi connectivity index (χ2v) is 9.23. The molecule has 0 bridgehead atoms. The van der Waals surface area contributed by atoms with Gasteiger partial charge < -0.3 is 19.1 Å². The van der Waals surface area contributed by atoms with Gasteiger partial charge in [-0.25, -0.2) is 0 Å². The first-order chi connectivity index (χ1) is 15.0. The smallest absolute Gasteiger partial charge is 0.227 e. The van der Waals surface area contributed by atoms with E-state index in [-0.39, 0.29) is 17.9 Å². The number of hydrogen-bond donors (Lipinski definition) is 0.